The molecule has 21 heavy (non-hydrogen) atoms. The fourth-order valence-corrected chi connectivity index (χ4v) is 4.31. The molecule has 0 spiro atoms. The van der Waals surface area contributed by atoms with Crippen molar-refractivity contribution in [2.45, 2.75) is 36.7 Å². The van der Waals surface area contributed by atoms with Gasteiger partial charge < -0.3 is 14.7 Å². The van der Waals surface area contributed by atoms with Crippen molar-refractivity contribution in [3.05, 3.63) is 18.2 Å². The third kappa shape index (κ3) is 2.73. The van der Waals surface area contributed by atoms with Crippen molar-refractivity contribution >= 4 is 15.7 Å². The van der Waals surface area contributed by atoms with Crippen molar-refractivity contribution in [2.24, 2.45) is 0 Å². The van der Waals surface area contributed by atoms with E-state index >= 15 is 0 Å². The molecule has 0 amide bonds. The molecule has 7 heteroatoms. The third-order valence-corrected chi connectivity index (χ3v) is 5.61. The number of rotatable bonds is 2. The van der Waals surface area contributed by atoms with Crippen LogP contribution in [-0.4, -0.2) is 45.4 Å². The Kier molecular flexibility index (Phi) is 3.81. The molecule has 1 aromatic carbocycles. The summed E-state index contributed by atoms with van der Waals surface area (Å²) >= 11 is 0. The van der Waals surface area contributed by atoms with E-state index < -0.39 is 10.0 Å². The number of nitrogens with zero attached hydrogens (tertiary/aromatic N) is 1. The second-order valence-electron chi connectivity index (χ2n) is 5.64. The zero-order chi connectivity index (χ0) is 15.0. The number of aliphatic hydroxyl groups excluding tert-OH is 1. The standard InChI is InChI=1S/C14H20N2O4S/c1-10-9-20-13-7-11(16-6-2-3-12(16)8-17)4-5-14(13)21(18,19)15-10/h4-5,7,10,12,15,17H,2-3,6,8-9H2,1H3/t10-,12+/m0/s1. The summed E-state index contributed by atoms with van der Waals surface area (Å²) in [5, 5.41) is 9.42. The number of fused-ring (bicyclic) bond motifs is 1. The lowest BCUT2D eigenvalue weighted by atomic mass is 10.2. The molecule has 2 heterocycles. The van der Waals surface area contributed by atoms with E-state index in [-0.39, 0.29) is 23.6 Å². The van der Waals surface area contributed by atoms with E-state index in [1.54, 1.807) is 25.1 Å². The van der Waals surface area contributed by atoms with Gasteiger partial charge in [0.1, 0.15) is 17.3 Å². The average Bonchev–Trinajstić information content (AvgIpc) is 2.88. The maximum atomic E-state index is 12.2. The lowest BCUT2D eigenvalue weighted by molar-refractivity contribution is 0.266. The van der Waals surface area contributed by atoms with Gasteiger partial charge in [-0.1, -0.05) is 0 Å². The molecule has 116 valence electrons. The predicted octanol–water partition coefficient (Wildman–Crippen LogP) is 0.707. The molecule has 2 aliphatic rings. The summed E-state index contributed by atoms with van der Waals surface area (Å²) in [6, 6.07) is 4.97. The van der Waals surface area contributed by atoms with Gasteiger partial charge in [0, 0.05) is 18.3 Å². The highest BCUT2D eigenvalue weighted by Gasteiger charge is 2.29. The molecule has 0 unspecified atom stereocenters. The minimum atomic E-state index is -3.53. The number of ether oxygens (including phenoxy) is 1. The first kappa shape index (κ1) is 14.6. The van der Waals surface area contributed by atoms with Crippen LogP contribution in [-0.2, 0) is 10.0 Å². The fourth-order valence-electron chi connectivity index (χ4n) is 2.95. The molecule has 6 nitrogen and oxygen atoms in total. The van der Waals surface area contributed by atoms with Gasteiger partial charge in [0.2, 0.25) is 10.0 Å². The summed E-state index contributed by atoms with van der Waals surface area (Å²) in [6.45, 7) is 3.05. The smallest absolute Gasteiger partial charge is 0.244 e. The van der Waals surface area contributed by atoms with Crippen LogP contribution in [0.2, 0.25) is 0 Å². The monoisotopic (exact) mass is 312 g/mol. The number of hydrogen-bond acceptors (Lipinski definition) is 5. The van der Waals surface area contributed by atoms with E-state index in [2.05, 4.69) is 9.62 Å². The average molecular weight is 312 g/mol. The third-order valence-electron chi connectivity index (χ3n) is 3.98. The lowest BCUT2D eigenvalue weighted by Gasteiger charge is -2.26. The largest absolute Gasteiger partial charge is 0.490 e. The van der Waals surface area contributed by atoms with Crippen molar-refractivity contribution in [2.75, 3.05) is 24.7 Å². The van der Waals surface area contributed by atoms with E-state index in [1.165, 1.54) is 0 Å². The first-order valence-electron chi connectivity index (χ1n) is 7.18. The van der Waals surface area contributed by atoms with Gasteiger partial charge in [-0.05, 0) is 31.9 Å². The van der Waals surface area contributed by atoms with Gasteiger partial charge in [-0.15, -0.1) is 0 Å². The van der Waals surface area contributed by atoms with E-state index in [9.17, 15) is 13.5 Å². The molecule has 3 rings (SSSR count). The van der Waals surface area contributed by atoms with E-state index in [0.717, 1.165) is 25.1 Å². The SMILES string of the molecule is C[C@H]1COc2cc(N3CCC[C@@H]3CO)ccc2S(=O)(=O)N1. The summed E-state index contributed by atoms with van der Waals surface area (Å²) in [7, 11) is -3.53. The van der Waals surface area contributed by atoms with Crippen LogP contribution < -0.4 is 14.4 Å². The van der Waals surface area contributed by atoms with Crippen molar-refractivity contribution in [1.82, 2.24) is 4.72 Å². The number of nitrogens with one attached hydrogen (secondary N) is 1. The number of hydrogen-bond donors (Lipinski definition) is 2. The van der Waals surface area contributed by atoms with Gasteiger partial charge in [0.25, 0.3) is 0 Å². The molecule has 0 bridgehead atoms. The van der Waals surface area contributed by atoms with Crippen molar-refractivity contribution in [3.8, 4) is 5.75 Å². The molecule has 0 saturated carbocycles. The second-order valence-corrected chi connectivity index (χ2v) is 7.32. The zero-order valence-corrected chi connectivity index (χ0v) is 12.8. The Morgan fingerprint density at radius 2 is 2.29 bits per heavy atom. The number of aliphatic hydroxyl groups is 1. The topological polar surface area (TPSA) is 78.9 Å². The summed E-state index contributed by atoms with van der Waals surface area (Å²) in [5.41, 5.74) is 0.898. The molecule has 0 radical (unpaired) electrons. The Labute approximate surface area is 124 Å². The van der Waals surface area contributed by atoms with Crippen LogP contribution in [0, 0.1) is 0 Å². The molecule has 2 N–H and O–H groups in total. The summed E-state index contributed by atoms with van der Waals surface area (Å²) < 4.78 is 32.6. The Hall–Kier alpha value is -1.31. The highest BCUT2D eigenvalue weighted by Crippen LogP contribution is 2.33. The van der Waals surface area contributed by atoms with Crippen LogP contribution in [0.1, 0.15) is 19.8 Å². The predicted molar refractivity (Wildman–Crippen MR) is 79.2 cm³/mol. The van der Waals surface area contributed by atoms with E-state index in [0.29, 0.717) is 12.4 Å². The number of benzene rings is 1. The molecule has 1 aromatic rings. The highest BCUT2D eigenvalue weighted by molar-refractivity contribution is 7.89. The van der Waals surface area contributed by atoms with Crippen LogP contribution in [0.25, 0.3) is 0 Å². The first-order chi connectivity index (χ1) is 10.0. The number of anilines is 1. The molecule has 0 aliphatic carbocycles. The van der Waals surface area contributed by atoms with Gasteiger partial charge >= 0.3 is 0 Å². The first-order valence-corrected chi connectivity index (χ1v) is 8.66. The molecule has 1 fully saturated rings. The van der Waals surface area contributed by atoms with Crippen LogP contribution in [0.4, 0.5) is 5.69 Å². The maximum Gasteiger partial charge on any atom is 0.244 e. The summed E-state index contributed by atoms with van der Waals surface area (Å²) in [5.74, 6) is 0.382. The molecule has 2 atom stereocenters. The molecule has 1 saturated heterocycles. The van der Waals surface area contributed by atoms with Crippen LogP contribution in [0.3, 0.4) is 0 Å². The summed E-state index contributed by atoms with van der Waals surface area (Å²) in [4.78, 5) is 2.29. The van der Waals surface area contributed by atoms with E-state index in [4.69, 9.17) is 4.74 Å². The van der Waals surface area contributed by atoms with Gasteiger partial charge in [0.05, 0.1) is 18.7 Å². The van der Waals surface area contributed by atoms with Gasteiger partial charge in [-0.2, -0.15) is 0 Å². The minimum Gasteiger partial charge on any atom is -0.490 e. The van der Waals surface area contributed by atoms with Gasteiger partial charge in [-0.25, -0.2) is 13.1 Å². The van der Waals surface area contributed by atoms with Crippen molar-refractivity contribution < 1.29 is 18.3 Å². The normalized spacial score (nSPS) is 27.8. The molecular formula is C14H20N2O4S. The Balaban J connectivity index is 1.98. The Morgan fingerprint density at radius 3 is 3.05 bits per heavy atom. The van der Waals surface area contributed by atoms with Crippen LogP contribution >= 0.6 is 0 Å². The Bertz CT molecular complexity index is 632. The summed E-state index contributed by atoms with van der Waals surface area (Å²) in [6.07, 6.45) is 1.98. The maximum absolute atomic E-state index is 12.2. The van der Waals surface area contributed by atoms with Crippen LogP contribution in [0.5, 0.6) is 5.75 Å². The van der Waals surface area contributed by atoms with Crippen molar-refractivity contribution in [3.63, 3.8) is 0 Å². The van der Waals surface area contributed by atoms with Crippen molar-refractivity contribution in [1.29, 1.82) is 0 Å². The number of sulfonamides is 1. The van der Waals surface area contributed by atoms with Gasteiger partial charge in [-0.3, -0.25) is 0 Å². The van der Waals surface area contributed by atoms with E-state index in [1.807, 2.05) is 0 Å². The minimum absolute atomic E-state index is 0.0995. The van der Waals surface area contributed by atoms with Gasteiger partial charge in [0.15, 0.2) is 0 Å². The zero-order valence-electron chi connectivity index (χ0n) is 11.9. The molecule has 2 aliphatic heterocycles. The Morgan fingerprint density at radius 1 is 1.48 bits per heavy atom. The molecule has 0 aromatic heterocycles. The highest BCUT2D eigenvalue weighted by atomic mass is 32.2. The molecular weight excluding hydrogens is 292 g/mol. The second kappa shape index (κ2) is 5.47. The van der Waals surface area contributed by atoms with Crippen LogP contribution in [0.15, 0.2) is 23.1 Å². The quantitative estimate of drug-likeness (QED) is 0.841. The lowest BCUT2D eigenvalue weighted by Crippen LogP contribution is -2.34. The fraction of sp³-hybridized carbons (Fsp3) is 0.571.